The van der Waals surface area contributed by atoms with E-state index in [9.17, 15) is 4.79 Å². The first-order valence-corrected chi connectivity index (χ1v) is 6.52. The Kier molecular flexibility index (Phi) is 5.20. The van der Waals surface area contributed by atoms with Crippen LogP contribution in [0, 0.1) is 0 Å². The van der Waals surface area contributed by atoms with Gasteiger partial charge in [-0.05, 0) is 58.9 Å². The van der Waals surface area contributed by atoms with Gasteiger partial charge >= 0.3 is 5.97 Å². The predicted octanol–water partition coefficient (Wildman–Crippen LogP) is 3.49. The zero-order chi connectivity index (χ0) is 13.7. The molecule has 0 aromatic heterocycles. The fourth-order valence-corrected chi connectivity index (χ4v) is 2.18. The van der Waals surface area contributed by atoms with Crippen molar-refractivity contribution in [2.75, 3.05) is 11.5 Å². The average Bonchev–Trinajstić information content (AvgIpc) is 2.29. The van der Waals surface area contributed by atoms with Crippen LogP contribution in [0.5, 0.6) is 0 Å². The third kappa shape index (κ3) is 3.49. The SMILES string of the molecule is CCOC(=O)c1ccc(N(C(C)C)C(C)C)cc1. The summed E-state index contributed by atoms with van der Waals surface area (Å²) in [5.74, 6) is -0.260. The molecule has 0 N–H and O–H groups in total. The van der Waals surface area contributed by atoms with Crippen molar-refractivity contribution in [1.82, 2.24) is 0 Å². The van der Waals surface area contributed by atoms with Gasteiger partial charge in [0.1, 0.15) is 0 Å². The van der Waals surface area contributed by atoms with E-state index in [2.05, 4.69) is 32.6 Å². The number of hydrogen-bond donors (Lipinski definition) is 0. The molecule has 0 aliphatic rings. The van der Waals surface area contributed by atoms with E-state index in [4.69, 9.17) is 4.74 Å². The Morgan fingerprint density at radius 3 is 2.00 bits per heavy atom. The summed E-state index contributed by atoms with van der Waals surface area (Å²) in [5, 5.41) is 0. The summed E-state index contributed by atoms with van der Waals surface area (Å²) < 4.78 is 4.97. The van der Waals surface area contributed by atoms with Crippen LogP contribution in [0.4, 0.5) is 5.69 Å². The van der Waals surface area contributed by atoms with E-state index >= 15 is 0 Å². The van der Waals surface area contributed by atoms with Crippen LogP contribution < -0.4 is 4.90 Å². The molecule has 0 fully saturated rings. The van der Waals surface area contributed by atoms with Crippen LogP contribution in [0.1, 0.15) is 45.0 Å². The third-order valence-electron chi connectivity index (χ3n) is 2.79. The van der Waals surface area contributed by atoms with E-state index in [1.807, 2.05) is 31.2 Å². The minimum absolute atomic E-state index is 0.260. The van der Waals surface area contributed by atoms with Crippen molar-refractivity contribution < 1.29 is 9.53 Å². The lowest BCUT2D eigenvalue weighted by atomic mass is 10.1. The Bertz CT molecular complexity index is 374. The molecular weight excluding hydrogens is 226 g/mol. The molecule has 3 nitrogen and oxygen atoms in total. The molecule has 0 unspecified atom stereocenters. The van der Waals surface area contributed by atoms with Gasteiger partial charge in [0.15, 0.2) is 0 Å². The van der Waals surface area contributed by atoms with E-state index in [1.54, 1.807) is 0 Å². The Morgan fingerprint density at radius 2 is 1.61 bits per heavy atom. The Labute approximate surface area is 110 Å². The molecule has 18 heavy (non-hydrogen) atoms. The van der Waals surface area contributed by atoms with Gasteiger partial charge < -0.3 is 9.64 Å². The number of carbonyl (C=O) groups excluding carboxylic acids is 1. The molecular formula is C15H23NO2. The molecule has 1 aromatic carbocycles. The lowest BCUT2D eigenvalue weighted by molar-refractivity contribution is 0.0526. The van der Waals surface area contributed by atoms with Crippen LogP contribution in [0.15, 0.2) is 24.3 Å². The molecule has 0 bridgehead atoms. The van der Waals surface area contributed by atoms with E-state index in [1.165, 1.54) is 0 Å². The summed E-state index contributed by atoms with van der Waals surface area (Å²) in [7, 11) is 0. The zero-order valence-corrected chi connectivity index (χ0v) is 11.9. The summed E-state index contributed by atoms with van der Waals surface area (Å²) in [6, 6.07) is 8.46. The van der Waals surface area contributed by atoms with Gasteiger partial charge in [0, 0.05) is 17.8 Å². The molecule has 0 aliphatic carbocycles. The van der Waals surface area contributed by atoms with Gasteiger partial charge in [-0.15, -0.1) is 0 Å². The molecule has 0 heterocycles. The Hall–Kier alpha value is -1.51. The fraction of sp³-hybridized carbons (Fsp3) is 0.533. The van der Waals surface area contributed by atoms with Crippen LogP contribution in [0.3, 0.4) is 0 Å². The second kappa shape index (κ2) is 6.43. The van der Waals surface area contributed by atoms with Crippen molar-refractivity contribution in [1.29, 1.82) is 0 Å². The molecule has 100 valence electrons. The number of rotatable bonds is 5. The highest BCUT2D eigenvalue weighted by Crippen LogP contribution is 2.20. The number of carbonyl (C=O) groups is 1. The molecule has 1 rings (SSSR count). The van der Waals surface area contributed by atoms with Crippen LogP contribution in [0.25, 0.3) is 0 Å². The molecule has 0 atom stereocenters. The molecule has 1 aromatic rings. The van der Waals surface area contributed by atoms with Crippen molar-refractivity contribution in [3.8, 4) is 0 Å². The maximum atomic E-state index is 11.6. The number of nitrogens with zero attached hydrogens (tertiary/aromatic N) is 1. The minimum atomic E-state index is -0.260. The van der Waals surface area contributed by atoms with Gasteiger partial charge in [0.05, 0.1) is 12.2 Å². The second-order valence-electron chi connectivity index (χ2n) is 4.86. The zero-order valence-electron chi connectivity index (χ0n) is 11.9. The number of ether oxygens (including phenoxy) is 1. The number of hydrogen-bond acceptors (Lipinski definition) is 3. The topological polar surface area (TPSA) is 29.5 Å². The van der Waals surface area contributed by atoms with E-state index in [0.29, 0.717) is 24.3 Å². The van der Waals surface area contributed by atoms with Crippen LogP contribution in [-0.4, -0.2) is 24.7 Å². The highest BCUT2D eigenvalue weighted by molar-refractivity contribution is 5.89. The lowest BCUT2D eigenvalue weighted by Gasteiger charge is -2.33. The summed E-state index contributed by atoms with van der Waals surface area (Å²) in [6.45, 7) is 10.9. The maximum absolute atomic E-state index is 11.6. The standard InChI is InChI=1S/C15H23NO2/c1-6-18-15(17)13-7-9-14(10-8-13)16(11(2)3)12(4)5/h7-12H,6H2,1-5H3. The Balaban J connectivity index is 2.90. The highest BCUT2D eigenvalue weighted by Gasteiger charge is 2.14. The largest absolute Gasteiger partial charge is 0.462 e. The van der Waals surface area contributed by atoms with Crippen molar-refractivity contribution in [2.45, 2.75) is 46.7 Å². The molecule has 3 heteroatoms. The molecule has 0 saturated carbocycles. The van der Waals surface area contributed by atoms with Crippen molar-refractivity contribution in [2.24, 2.45) is 0 Å². The molecule has 0 aliphatic heterocycles. The summed E-state index contributed by atoms with van der Waals surface area (Å²) >= 11 is 0. The van der Waals surface area contributed by atoms with Gasteiger partial charge in [-0.25, -0.2) is 4.79 Å². The van der Waals surface area contributed by atoms with Crippen LogP contribution in [-0.2, 0) is 4.74 Å². The Morgan fingerprint density at radius 1 is 1.11 bits per heavy atom. The van der Waals surface area contributed by atoms with Gasteiger partial charge in [-0.1, -0.05) is 0 Å². The van der Waals surface area contributed by atoms with E-state index in [0.717, 1.165) is 5.69 Å². The van der Waals surface area contributed by atoms with Crippen LogP contribution in [0.2, 0.25) is 0 Å². The fourth-order valence-electron chi connectivity index (χ4n) is 2.18. The molecule has 0 radical (unpaired) electrons. The van der Waals surface area contributed by atoms with Crippen molar-refractivity contribution >= 4 is 11.7 Å². The first kappa shape index (κ1) is 14.6. The summed E-state index contributed by atoms with van der Waals surface area (Å²) in [5.41, 5.74) is 1.74. The van der Waals surface area contributed by atoms with Crippen molar-refractivity contribution in [3.05, 3.63) is 29.8 Å². The molecule has 0 saturated heterocycles. The van der Waals surface area contributed by atoms with E-state index in [-0.39, 0.29) is 5.97 Å². The number of benzene rings is 1. The summed E-state index contributed by atoms with van der Waals surface area (Å²) in [4.78, 5) is 13.9. The number of anilines is 1. The van der Waals surface area contributed by atoms with Crippen LogP contribution >= 0.6 is 0 Å². The van der Waals surface area contributed by atoms with E-state index < -0.39 is 0 Å². The average molecular weight is 249 g/mol. The summed E-state index contributed by atoms with van der Waals surface area (Å²) in [6.07, 6.45) is 0. The number of esters is 1. The first-order chi connectivity index (χ1) is 8.47. The molecule has 0 amide bonds. The minimum Gasteiger partial charge on any atom is -0.462 e. The highest BCUT2D eigenvalue weighted by atomic mass is 16.5. The second-order valence-corrected chi connectivity index (χ2v) is 4.86. The van der Waals surface area contributed by atoms with Crippen molar-refractivity contribution in [3.63, 3.8) is 0 Å². The van der Waals surface area contributed by atoms with Gasteiger partial charge in [0.25, 0.3) is 0 Å². The molecule has 0 spiro atoms. The maximum Gasteiger partial charge on any atom is 0.338 e. The smallest absolute Gasteiger partial charge is 0.338 e. The first-order valence-electron chi connectivity index (χ1n) is 6.52. The van der Waals surface area contributed by atoms with Gasteiger partial charge in [0.2, 0.25) is 0 Å². The monoisotopic (exact) mass is 249 g/mol. The van der Waals surface area contributed by atoms with Gasteiger partial charge in [-0.3, -0.25) is 0 Å². The van der Waals surface area contributed by atoms with Gasteiger partial charge in [-0.2, -0.15) is 0 Å². The third-order valence-corrected chi connectivity index (χ3v) is 2.79. The predicted molar refractivity (Wildman–Crippen MR) is 75.1 cm³/mol. The quantitative estimate of drug-likeness (QED) is 0.748. The normalized spacial score (nSPS) is 10.8. The lowest BCUT2D eigenvalue weighted by Crippen LogP contribution is -2.36.